The van der Waals surface area contributed by atoms with Crippen LogP contribution in [0.15, 0.2) is 78.9 Å². The van der Waals surface area contributed by atoms with E-state index < -0.39 is 0 Å². The lowest BCUT2D eigenvalue weighted by Crippen LogP contribution is -2.43. The van der Waals surface area contributed by atoms with Crippen LogP contribution in [0.3, 0.4) is 0 Å². The quantitative estimate of drug-likeness (QED) is 0.411. The number of carbonyl (C=O) groups is 1. The Labute approximate surface area is 181 Å². The Morgan fingerprint density at radius 2 is 1.50 bits per heavy atom. The van der Waals surface area contributed by atoms with Crippen molar-refractivity contribution in [3.05, 3.63) is 101 Å². The highest BCUT2D eigenvalue weighted by atomic mass is 16.2. The van der Waals surface area contributed by atoms with E-state index in [1.165, 1.54) is 16.7 Å². The molecule has 0 aliphatic heterocycles. The second kappa shape index (κ2) is 10.6. The lowest BCUT2D eigenvalue weighted by atomic mass is 10.1. The number of unbranched alkanes of at least 4 members (excludes halogenated alkanes) is 1. The zero-order valence-corrected chi connectivity index (χ0v) is 18.3. The Morgan fingerprint density at radius 3 is 2.13 bits per heavy atom. The Balaban J connectivity index is 1.91. The predicted octanol–water partition coefficient (Wildman–Crippen LogP) is 6.73. The molecule has 3 rings (SSSR count). The van der Waals surface area contributed by atoms with Gasteiger partial charge < -0.3 is 4.90 Å². The van der Waals surface area contributed by atoms with Crippen molar-refractivity contribution < 1.29 is 4.79 Å². The molecule has 3 aromatic rings. The van der Waals surface area contributed by atoms with Gasteiger partial charge in [0, 0.05) is 18.8 Å². The van der Waals surface area contributed by atoms with Gasteiger partial charge in [-0.3, -0.25) is 4.90 Å². The molecular weight excluding hydrogens is 368 g/mol. The normalized spacial score (nSPS) is 10.6. The molecule has 0 spiro atoms. The van der Waals surface area contributed by atoms with E-state index in [-0.39, 0.29) is 6.03 Å². The van der Waals surface area contributed by atoms with Gasteiger partial charge in [-0.25, -0.2) is 4.79 Å². The second-order valence-corrected chi connectivity index (χ2v) is 7.89. The summed E-state index contributed by atoms with van der Waals surface area (Å²) in [5, 5.41) is 0. The Kier molecular flexibility index (Phi) is 7.67. The Hall–Kier alpha value is -3.07. The standard InChI is InChI=1S/C27H32N2O/c1-4-5-18-28(20-24-12-8-6-9-13-24)27(30)29(26-14-10-7-11-15-26)21-25-17-16-22(2)19-23(25)3/h6-17,19H,4-5,18,20-21H2,1-3H3. The van der Waals surface area contributed by atoms with Gasteiger partial charge in [-0.2, -0.15) is 0 Å². The van der Waals surface area contributed by atoms with Gasteiger partial charge in [-0.1, -0.05) is 85.6 Å². The number of rotatable bonds is 8. The van der Waals surface area contributed by atoms with Crippen LogP contribution in [0.1, 0.15) is 42.0 Å². The van der Waals surface area contributed by atoms with Crippen molar-refractivity contribution in [2.45, 2.75) is 46.7 Å². The van der Waals surface area contributed by atoms with E-state index in [1.807, 2.05) is 58.3 Å². The van der Waals surface area contributed by atoms with Gasteiger partial charge in [0.25, 0.3) is 0 Å². The van der Waals surface area contributed by atoms with Crippen molar-refractivity contribution in [1.82, 2.24) is 4.90 Å². The number of aryl methyl sites for hydroxylation is 2. The third kappa shape index (κ3) is 5.73. The molecule has 2 amide bonds. The fourth-order valence-corrected chi connectivity index (χ4v) is 3.64. The number of anilines is 1. The topological polar surface area (TPSA) is 23.6 Å². The second-order valence-electron chi connectivity index (χ2n) is 7.89. The van der Waals surface area contributed by atoms with Crippen LogP contribution in [0.4, 0.5) is 10.5 Å². The maximum atomic E-state index is 13.8. The van der Waals surface area contributed by atoms with Crippen molar-refractivity contribution in [3.63, 3.8) is 0 Å². The number of amides is 2. The molecular formula is C27H32N2O. The average molecular weight is 401 g/mol. The van der Waals surface area contributed by atoms with Gasteiger partial charge in [-0.15, -0.1) is 0 Å². The molecule has 3 heteroatoms. The molecule has 30 heavy (non-hydrogen) atoms. The third-order valence-electron chi connectivity index (χ3n) is 5.39. The van der Waals surface area contributed by atoms with E-state index in [9.17, 15) is 4.79 Å². The minimum absolute atomic E-state index is 0.0541. The molecule has 3 aromatic carbocycles. The molecule has 0 radical (unpaired) electrons. The van der Waals surface area contributed by atoms with Gasteiger partial charge in [0.2, 0.25) is 0 Å². The van der Waals surface area contributed by atoms with E-state index in [4.69, 9.17) is 0 Å². The summed E-state index contributed by atoms with van der Waals surface area (Å²) in [6, 6.07) is 26.7. The van der Waals surface area contributed by atoms with Gasteiger partial charge in [0.05, 0.1) is 6.54 Å². The van der Waals surface area contributed by atoms with Gasteiger partial charge >= 0.3 is 6.03 Å². The summed E-state index contributed by atoms with van der Waals surface area (Å²) in [4.78, 5) is 17.7. The zero-order valence-electron chi connectivity index (χ0n) is 18.3. The predicted molar refractivity (Wildman–Crippen MR) is 126 cm³/mol. The molecule has 3 nitrogen and oxygen atoms in total. The highest BCUT2D eigenvalue weighted by Crippen LogP contribution is 2.22. The van der Waals surface area contributed by atoms with Crippen LogP contribution in [0, 0.1) is 13.8 Å². The average Bonchev–Trinajstić information content (AvgIpc) is 2.77. The van der Waals surface area contributed by atoms with E-state index in [1.54, 1.807) is 0 Å². The lowest BCUT2D eigenvalue weighted by molar-refractivity contribution is 0.200. The van der Waals surface area contributed by atoms with Crippen LogP contribution in [0.5, 0.6) is 0 Å². The number of benzene rings is 3. The Morgan fingerprint density at radius 1 is 0.833 bits per heavy atom. The van der Waals surface area contributed by atoms with E-state index in [0.29, 0.717) is 13.1 Å². The lowest BCUT2D eigenvalue weighted by Gasteiger charge is -2.31. The monoisotopic (exact) mass is 400 g/mol. The summed E-state index contributed by atoms with van der Waals surface area (Å²) < 4.78 is 0. The minimum Gasteiger partial charge on any atom is -0.320 e. The van der Waals surface area contributed by atoms with Crippen molar-refractivity contribution in [1.29, 1.82) is 0 Å². The molecule has 0 saturated heterocycles. The number of urea groups is 1. The van der Waals surface area contributed by atoms with Crippen molar-refractivity contribution >= 4 is 11.7 Å². The molecule has 0 aliphatic rings. The molecule has 156 valence electrons. The van der Waals surface area contributed by atoms with Crippen molar-refractivity contribution in [3.8, 4) is 0 Å². The maximum Gasteiger partial charge on any atom is 0.325 e. The SMILES string of the molecule is CCCCN(Cc1ccccc1)C(=O)N(Cc1ccc(C)cc1C)c1ccccc1. The molecule has 0 bridgehead atoms. The molecule has 0 unspecified atom stereocenters. The van der Waals surface area contributed by atoms with Crippen LogP contribution < -0.4 is 4.90 Å². The molecule has 0 N–H and O–H groups in total. The summed E-state index contributed by atoms with van der Waals surface area (Å²) in [7, 11) is 0. The fraction of sp³-hybridized carbons (Fsp3) is 0.296. The van der Waals surface area contributed by atoms with Crippen LogP contribution in [0.25, 0.3) is 0 Å². The third-order valence-corrected chi connectivity index (χ3v) is 5.39. The maximum absolute atomic E-state index is 13.8. The molecule has 0 aromatic heterocycles. The summed E-state index contributed by atoms with van der Waals surface area (Å²) in [5.74, 6) is 0. The van der Waals surface area contributed by atoms with Gasteiger partial charge in [0.1, 0.15) is 0 Å². The first kappa shape index (κ1) is 21.6. The number of carbonyl (C=O) groups excluding carboxylic acids is 1. The number of para-hydroxylation sites is 1. The van der Waals surface area contributed by atoms with Crippen LogP contribution >= 0.6 is 0 Å². The van der Waals surface area contributed by atoms with Crippen LogP contribution in [0.2, 0.25) is 0 Å². The number of hydrogen-bond donors (Lipinski definition) is 0. The van der Waals surface area contributed by atoms with Crippen LogP contribution in [-0.4, -0.2) is 17.5 Å². The smallest absolute Gasteiger partial charge is 0.320 e. The summed E-state index contributed by atoms with van der Waals surface area (Å²) in [6.45, 7) is 8.32. The Bertz CT molecular complexity index is 938. The number of hydrogen-bond acceptors (Lipinski definition) is 1. The van der Waals surface area contributed by atoms with Crippen molar-refractivity contribution in [2.24, 2.45) is 0 Å². The van der Waals surface area contributed by atoms with Crippen molar-refractivity contribution in [2.75, 3.05) is 11.4 Å². The summed E-state index contributed by atoms with van der Waals surface area (Å²) >= 11 is 0. The number of nitrogens with zero attached hydrogens (tertiary/aromatic N) is 2. The summed E-state index contributed by atoms with van der Waals surface area (Å²) in [6.07, 6.45) is 2.05. The molecule has 0 heterocycles. The minimum atomic E-state index is 0.0541. The summed E-state index contributed by atoms with van der Waals surface area (Å²) in [5.41, 5.74) is 5.71. The highest BCUT2D eigenvalue weighted by molar-refractivity contribution is 5.92. The van der Waals surface area contributed by atoms with E-state index in [2.05, 4.69) is 51.1 Å². The fourth-order valence-electron chi connectivity index (χ4n) is 3.64. The molecule has 0 aliphatic carbocycles. The van der Waals surface area contributed by atoms with Crippen LogP contribution in [-0.2, 0) is 13.1 Å². The van der Waals surface area contributed by atoms with E-state index >= 15 is 0 Å². The highest BCUT2D eigenvalue weighted by Gasteiger charge is 2.23. The van der Waals surface area contributed by atoms with Gasteiger partial charge in [-0.05, 0) is 49.1 Å². The van der Waals surface area contributed by atoms with Gasteiger partial charge in [0.15, 0.2) is 0 Å². The first-order valence-corrected chi connectivity index (χ1v) is 10.8. The first-order valence-electron chi connectivity index (χ1n) is 10.8. The zero-order chi connectivity index (χ0) is 21.3. The first-order chi connectivity index (χ1) is 14.6. The molecule has 0 fully saturated rings. The molecule has 0 saturated carbocycles. The van der Waals surface area contributed by atoms with E-state index in [0.717, 1.165) is 30.6 Å². The largest absolute Gasteiger partial charge is 0.325 e. The molecule has 0 atom stereocenters.